The highest BCUT2D eigenvalue weighted by atomic mass is 35.5. The molecule has 32 heavy (non-hydrogen) atoms. The molecule has 0 aliphatic carbocycles. The highest BCUT2D eigenvalue weighted by Gasteiger charge is 2.21. The summed E-state index contributed by atoms with van der Waals surface area (Å²) in [5.41, 5.74) is 4.61. The van der Waals surface area contributed by atoms with Crippen molar-refractivity contribution < 1.29 is 9.13 Å². The number of nitrogens with one attached hydrogen (secondary N) is 2. The van der Waals surface area contributed by atoms with E-state index in [9.17, 15) is 14.3 Å². The third-order valence-electron chi connectivity index (χ3n) is 5.53. The first kappa shape index (κ1) is 22.3. The van der Waals surface area contributed by atoms with Crippen molar-refractivity contribution in [2.45, 2.75) is 24.2 Å². The van der Waals surface area contributed by atoms with Gasteiger partial charge in [0.15, 0.2) is 0 Å². The average Bonchev–Trinajstić information content (AvgIpc) is 2.93. The van der Waals surface area contributed by atoms with Gasteiger partial charge in [-0.3, -0.25) is 10.1 Å². The van der Waals surface area contributed by atoms with E-state index in [0.29, 0.717) is 24.5 Å². The molecular formula is C23H23ClN4O3S. The lowest BCUT2D eigenvalue weighted by Gasteiger charge is -2.27. The summed E-state index contributed by atoms with van der Waals surface area (Å²) in [4.78, 5) is 12.7. The van der Waals surface area contributed by atoms with Crippen LogP contribution < -0.4 is 9.62 Å². The van der Waals surface area contributed by atoms with Crippen LogP contribution in [0.2, 0.25) is 5.02 Å². The molecule has 4 rings (SSSR count). The molecule has 1 heterocycles. The minimum atomic E-state index is -3.25. The fourth-order valence-corrected chi connectivity index (χ4v) is 5.21. The van der Waals surface area contributed by atoms with Gasteiger partial charge in [-0.15, -0.1) is 0 Å². The third-order valence-corrected chi connectivity index (χ3v) is 7.31. The van der Waals surface area contributed by atoms with Crippen LogP contribution >= 0.6 is 11.6 Å². The molecule has 1 aliphatic heterocycles. The fourth-order valence-electron chi connectivity index (χ4n) is 3.92. The molecule has 3 aromatic carbocycles. The zero-order chi connectivity index (χ0) is 22.7. The molecule has 0 spiro atoms. The number of rotatable bonds is 7. The maximum absolute atomic E-state index is 12.8. The van der Waals surface area contributed by atoms with Gasteiger partial charge >= 0.3 is 0 Å². The van der Waals surface area contributed by atoms with Crippen LogP contribution in [0.1, 0.15) is 17.5 Å². The van der Waals surface area contributed by atoms with E-state index in [4.69, 9.17) is 16.4 Å². The van der Waals surface area contributed by atoms with Gasteiger partial charge in [-0.2, -0.15) is 0 Å². The van der Waals surface area contributed by atoms with Gasteiger partial charge in [-0.1, -0.05) is 35.9 Å². The molecular weight excluding hydrogens is 448 g/mol. The Bertz CT molecular complexity index is 1250. The van der Waals surface area contributed by atoms with Crippen molar-refractivity contribution in [2.24, 2.45) is 0 Å². The van der Waals surface area contributed by atoms with Crippen LogP contribution in [0.15, 0.2) is 71.6 Å². The SMILES string of the molecule is N=S(=O)(NCCCN1c2ccccc2CCc2ccc(Cl)cc21)c1ccc([N+](=O)[O-])cc1. The molecule has 1 unspecified atom stereocenters. The molecule has 3 aromatic rings. The maximum atomic E-state index is 12.8. The van der Waals surface area contributed by atoms with Crippen LogP contribution in [0.4, 0.5) is 17.1 Å². The number of hydrogen-bond donors (Lipinski definition) is 2. The third kappa shape index (κ3) is 4.77. The van der Waals surface area contributed by atoms with Crippen LogP contribution in [0.3, 0.4) is 0 Å². The average molecular weight is 471 g/mol. The van der Waals surface area contributed by atoms with Gasteiger partial charge in [0.25, 0.3) is 5.69 Å². The second-order valence-electron chi connectivity index (χ2n) is 7.61. The molecule has 0 amide bonds. The van der Waals surface area contributed by atoms with E-state index >= 15 is 0 Å². The Kier molecular flexibility index (Phi) is 6.45. The number of anilines is 2. The van der Waals surface area contributed by atoms with Gasteiger partial charge in [-0.05, 0) is 60.7 Å². The molecule has 2 N–H and O–H groups in total. The first-order chi connectivity index (χ1) is 15.3. The Morgan fingerprint density at radius 2 is 1.72 bits per heavy atom. The smallest absolute Gasteiger partial charge is 0.269 e. The van der Waals surface area contributed by atoms with E-state index in [1.807, 2.05) is 24.3 Å². The molecule has 0 saturated heterocycles. The number of fused-ring (bicyclic) bond motifs is 2. The standard InChI is InChI=1S/C23H23ClN4O3S/c24-19-9-8-18-7-6-17-4-1-2-5-22(17)27(23(18)16-19)15-3-14-26-32(25,31)21-12-10-20(11-13-21)28(29)30/h1-2,4-5,8-13,16H,3,6-7,14-15H2,(H2,25,26,31). The second-order valence-corrected chi connectivity index (χ2v) is 9.92. The predicted molar refractivity (Wildman–Crippen MR) is 127 cm³/mol. The van der Waals surface area contributed by atoms with Crippen LogP contribution in [-0.4, -0.2) is 22.2 Å². The van der Waals surface area contributed by atoms with Crippen molar-refractivity contribution in [1.29, 1.82) is 4.78 Å². The van der Waals surface area contributed by atoms with Gasteiger partial charge in [0.2, 0.25) is 0 Å². The van der Waals surface area contributed by atoms with Crippen molar-refractivity contribution in [3.63, 3.8) is 0 Å². The molecule has 0 saturated carbocycles. The molecule has 0 aromatic heterocycles. The lowest BCUT2D eigenvalue weighted by Crippen LogP contribution is -2.27. The number of non-ortho nitro benzene ring substituents is 1. The molecule has 1 atom stereocenters. The first-order valence-corrected chi connectivity index (χ1v) is 12.2. The Morgan fingerprint density at radius 1 is 1.03 bits per heavy atom. The summed E-state index contributed by atoms with van der Waals surface area (Å²) in [7, 11) is -3.25. The zero-order valence-corrected chi connectivity index (χ0v) is 18.9. The Labute approximate surface area is 192 Å². The fraction of sp³-hybridized carbons (Fsp3) is 0.217. The van der Waals surface area contributed by atoms with Crippen LogP contribution in [0.25, 0.3) is 0 Å². The number of nitro benzene ring substituents is 1. The van der Waals surface area contributed by atoms with E-state index in [2.05, 4.69) is 27.8 Å². The second kappa shape index (κ2) is 9.28. The van der Waals surface area contributed by atoms with Crippen molar-refractivity contribution in [2.75, 3.05) is 18.0 Å². The maximum Gasteiger partial charge on any atom is 0.269 e. The number of benzene rings is 3. The Balaban J connectivity index is 1.48. The largest absolute Gasteiger partial charge is 0.341 e. The number of hydrogen-bond acceptors (Lipinski definition) is 5. The highest BCUT2D eigenvalue weighted by molar-refractivity contribution is 7.90. The molecule has 0 radical (unpaired) electrons. The van der Waals surface area contributed by atoms with Gasteiger partial charge in [0.1, 0.15) is 9.92 Å². The van der Waals surface area contributed by atoms with E-state index in [0.717, 1.165) is 24.2 Å². The van der Waals surface area contributed by atoms with Crippen molar-refractivity contribution in [1.82, 2.24) is 4.72 Å². The Hall–Kier alpha value is -2.94. The van der Waals surface area contributed by atoms with Crippen LogP contribution in [-0.2, 0) is 22.8 Å². The normalized spacial score (nSPS) is 14.7. The predicted octanol–water partition coefficient (Wildman–Crippen LogP) is 5.49. The summed E-state index contributed by atoms with van der Waals surface area (Å²) < 4.78 is 23.8. The highest BCUT2D eigenvalue weighted by Crippen LogP contribution is 2.37. The van der Waals surface area contributed by atoms with Crippen molar-refractivity contribution in [3.8, 4) is 0 Å². The summed E-state index contributed by atoms with van der Waals surface area (Å²) in [6, 6.07) is 19.5. The van der Waals surface area contributed by atoms with Gasteiger partial charge < -0.3 is 4.90 Å². The molecule has 0 fully saturated rings. The molecule has 7 nitrogen and oxygen atoms in total. The quantitative estimate of drug-likeness (QED) is 0.271. The lowest BCUT2D eigenvalue weighted by atomic mass is 10.0. The first-order valence-electron chi connectivity index (χ1n) is 10.3. The van der Waals surface area contributed by atoms with E-state index in [1.165, 1.54) is 35.4 Å². The molecule has 0 bridgehead atoms. The summed E-state index contributed by atoms with van der Waals surface area (Å²) in [5.74, 6) is 0. The number of nitrogens with zero attached hydrogens (tertiary/aromatic N) is 2. The van der Waals surface area contributed by atoms with Gasteiger partial charge in [-0.25, -0.2) is 13.7 Å². The van der Waals surface area contributed by atoms with Gasteiger partial charge in [0.05, 0.1) is 9.82 Å². The number of para-hydroxylation sites is 1. The number of halogens is 1. The zero-order valence-electron chi connectivity index (χ0n) is 17.3. The van der Waals surface area contributed by atoms with Crippen molar-refractivity contribution in [3.05, 3.63) is 93.0 Å². The summed E-state index contributed by atoms with van der Waals surface area (Å²) >= 11 is 6.30. The van der Waals surface area contributed by atoms with E-state index in [1.54, 1.807) is 0 Å². The van der Waals surface area contributed by atoms with Crippen LogP contribution in [0, 0.1) is 14.9 Å². The molecule has 9 heteroatoms. The minimum Gasteiger partial charge on any atom is -0.341 e. The minimum absolute atomic E-state index is 0.0962. The number of aryl methyl sites for hydroxylation is 2. The lowest BCUT2D eigenvalue weighted by molar-refractivity contribution is -0.384. The summed E-state index contributed by atoms with van der Waals surface area (Å²) in [5, 5.41) is 11.5. The topological polar surface area (TPSA) is 99.3 Å². The number of nitro groups is 1. The van der Waals surface area contributed by atoms with Gasteiger partial charge in [0, 0.05) is 41.6 Å². The molecule has 1 aliphatic rings. The summed E-state index contributed by atoms with van der Waals surface area (Å²) in [6.07, 6.45) is 2.52. The van der Waals surface area contributed by atoms with E-state index in [-0.39, 0.29) is 10.6 Å². The van der Waals surface area contributed by atoms with Crippen LogP contribution in [0.5, 0.6) is 0 Å². The molecule has 166 valence electrons. The monoisotopic (exact) mass is 470 g/mol. The Morgan fingerprint density at radius 3 is 2.44 bits per heavy atom. The van der Waals surface area contributed by atoms with E-state index < -0.39 is 14.8 Å². The van der Waals surface area contributed by atoms with Crippen molar-refractivity contribution >= 4 is 38.6 Å². The summed E-state index contributed by atoms with van der Waals surface area (Å²) in [6.45, 7) is 1.01.